The van der Waals surface area contributed by atoms with Gasteiger partial charge in [-0.3, -0.25) is 4.79 Å². The zero-order chi connectivity index (χ0) is 10.9. The molecule has 1 atom stereocenters. The molecule has 1 aliphatic rings. The Kier molecular flexibility index (Phi) is 2.83. The molecule has 14 heavy (non-hydrogen) atoms. The molecule has 1 rings (SSSR count). The van der Waals surface area contributed by atoms with E-state index in [1.165, 1.54) is 6.92 Å². The molecule has 0 radical (unpaired) electrons. The lowest BCUT2D eigenvalue weighted by molar-refractivity contribution is -0.119. The largest absolute Gasteiger partial charge is 0.416 e. The predicted octanol–water partition coefficient (Wildman–Crippen LogP) is 3.03. The number of ketones is 1. The van der Waals surface area contributed by atoms with Crippen LogP contribution >= 0.6 is 0 Å². The van der Waals surface area contributed by atoms with Crippen molar-refractivity contribution in [2.24, 2.45) is 5.92 Å². The molecule has 0 amide bonds. The summed E-state index contributed by atoms with van der Waals surface area (Å²) in [5.74, 6) is -0.837. The maximum atomic E-state index is 12.3. The van der Waals surface area contributed by atoms with Gasteiger partial charge in [-0.25, -0.2) is 0 Å². The van der Waals surface area contributed by atoms with Crippen LogP contribution in [0.15, 0.2) is 23.3 Å². The van der Waals surface area contributed by atoms with E-state index >= 15 is 0 Å². The first-order chi connectivity index (χ1) is 6.30. The first-order valence-electron chi connectivity index (χ1n) is 4.27. The zero-order valence-electron chi connectivity index (χ0n) is 7.98. The van der Waals surface area contributed by atoms with E-state index in [1.54, 1.807) is 6.92 Å². The minimum atomic E-state index is -4.35. The minimum absolute atomic E-state index is 0.223. The fourth-order valence-electron chi connectivity index (χ4n) is 1.43. The first kappa shape index (κ1) is 11.0. The number of carbonyl (C=O) groups excluding carboxylic acids is 1. The molecular weight excluding hydrogens is 193 g/mol. The highest BCUT2D eigenvalue weighted by Gasteiger charge is 2.35. The van der Waals surface area contributed by atoms with Crippen LogP contribution in [0.4, 0.5) is 13.2 Å². The van der Waals surface area contributed by atoms with Crippen molar-refractivity contribution in [3.05, 3.63) is 23.3 Å². The van der Waals surface area contributed by atoms with Gasteiger partial charge >= 0.3 is 6.18 Å². The average molecular weight is 204 g/mol. The molecule has 0 aromatic heterocycles. The Morgan fingerprint density at radius 2 is 2.07 bits per heavy atom. The topological polar surface area (TPSA) is 17.1 Å². The van der Waals surface area contributed by atoms with Crippen LogP contribution in [0, 0.1) is 5.92 Å². The van der Waals surface area contributed by atoms with Gasteiger partial charge in [-0.2, -0.15) is 13.2 Å². The Bertz CT molecular complexity index is 310. The molecule has 1 aliphatic carbocycles. The number of rotatable bonds is 1. The molecule has 0 spiro atoms. The normalized spacial score (nSPS) is 22.8. The zero-order valence-corrected chi connectivity index (χ0v) is 7.98. The van der Waals surface area contributed by atoms with Crippen molar-refractivity contribution in [3.63, 3.8) is 0 Å². The third-order valence-electron chi connectivity index (χ3n) is 2.17. The van der Waals surface area contributed by atoms with Crippen molar-refractivity contribution in [2.45, 2.75) is 26.4 Å². The van der Waals surface area contributed by atoms with Crippen molar-refractivity contribution in [2.75, 3.05) is 0 Å². The molecular formula is C10H11F3O. The molecule has 0 N–H and O–H groups in total. The molecule has 0 bridgehead atoms. The van der Waals surface area contributed by atoms with Crippen LogP contribution in [0.5, 0.6) is 0 Å². The lowest BCUT2D eigenvalue weighted by Crippen LogP contribution is -2.19. The van der Waals surface area contributed by atoms with E-state index in [0.717, 1.165) is 12.2 Å². The second kappa shape index (κ2) is 3.59. The van der Waals surface area contributed by atoms with E-state index in [0.29, 0.717) is 12.0 Å². The number of Topliss-reactive ketones (excluding diaryl/α,β-unsaturated/α-hetero) is 1. The van der Waals surface area contributed by atoms with Crippen LogP contribution in [-0.4, -0.2) is 12.0 Å². The Morgan fingerprint density at radius 3 is 2.50 bits per heavy atom. The van der Waals surface area contributed by atoms with Gasteiger partial charge in [0.2, 0.25) is 0 Å². The van der Waals surface area contributed by atoms with Crippen molar-refractivity contribution >= 4 is 5.78 Å². The number of alkyl halides is 3. The first-order valence-corrected chi connectivity index (χ1v) is 4.27. The fraction of sp³-hybridized carbons (Fsp3) is 0.500. The van der Waals surface area contributed by atoms with E-state index in [1.807, 2.05) is 0 Å². The Hall–Kier alpha value is -1.06. The number of hydrogen-bond acceptors (Lipinski definition) is 1. The number of allylic oxidation sites excluding steroid dienone is 4. The second-order valence-electron chi connectivity index (χ2n) is 3.53. The molecule has 0 heterocycles. The molecule has 0 aromatic carbocycles. The highest BCUT2D eigenvalue weighted by atomic mass is 19.4. The highest BCUT2D eigenvalue weighted by molar-refractivity contribution is 5.81. The summed E-state index contributed by atoms with van der Waals surface area (Å²) >= 11 is 0. The van der Waals surface area contributed by atoms with Crippen LogP contribution in [0.2, 0.25) is 0 Å². The van der Waals surface area contributed by atoms with Crippen LogP contribution in [0.25, 0.3) is 0 Å². The fourth-order valence-corrected chi connectivity index (χ4v) is 1.43. The summed E-state index contributed by atoms with van der Waals surface area (Å²) < 4.78 is 37.0. The third-order valence-corrected chi connectivity index (χ3v) is 2.17. The van der Waals surface area contributed by atoms with Crippen molar-refractivity contribution in [1.29, 1.82) is 0 Å². The Labute approximate surface area is 80.3 Å². The summed E-state index contributed by atoms with van der Waals surface area (Å²) in [4.78, 5) is 11.0. The maximum absolute atomic E-state index is 12.3. The lowest BCUT2D eigenvalue weighted by Gasteiger charge is -2.19. The predicted molar refractivity (Wildman–Crippen MR) is 46.7 cm³/mol. The van der Waals surface area contributed by atoms with Crippen molar-refractivity contribution in [3.8, 4) is 0 Å². The third kappa shape index (κ3) is 2.47. The average Bonchev–Trinajstić information content (AvgIpc) is 2.01. The van der Waals surface area contributed by atoms with E-state index < -0.39 is 17.7 Å². The van der Waals surface area contributed by atoms with Gasteiger partial charge in [-0.1, -0.05) is 17.7 Å². The molecule has 0 saturated carbocycles. The Morgan fingerprint density at radius 1 is 1.50 bits per heavy atom. The molecule has 1 nitrogen and oxygen atoms in total. The monoisotopic (exact) mass is 204 g/mol. The molecule has 0 saturated heterocycles. The summed E-state index contributed by atoms with van der Waals surface area (Å²) in [6.07, 6.45) is -1.85. The van der Waals surface area contributed by atoms with Gasteiger partial charge in [0.1, 0.15) is 5.78 Å². The van der Waals surface area contributed by atoms with Gasteiger partial charge in [0.15, 0.2) is 0 Å². The summed E-state index contributed by atoms with van der Waals surface area (Å²) in [7, 11) is 0. The van der Waals surface area contributed by atoms with Crippen LogP contribution in [0.1, 0.15) is 20.3 Å². The van der Waals surface area contributed by atoms with E-state index in [9.17, 15) is 18.0 Å². The Balaban J connectivity index is 2.99. The lowest BCUT2D eigenvalue weighted by atomic mass is 9.88. The molecule has 0 aliphatic heterocycles. The SMILES string of the molecule is CC(=O)C1C=C(C(F)(F)F)C=C(C)C1. The van der Waals surface area contributed by atoms with Gasteiger partial charge in [0, 0.05) is 5.92 Å². The van der Waals surface area contributed by atoms with Gasteiger partial charge in [0.05, 0.1) is 5.57 Å². The highest BCUT2D eigenvalue weighted by Crippen LogP contribution is 2.33. The summed E-state index contributed by atoms with van der Waals surface area (Å²) in [6.45, 7) is 2.92. The molecule has 0 aromatic rings. The van der Waals surface area contributed by atoms with E-state index in [-0.39, 0.29) is 5.78 Å². The van der Waals surface area contributed by atoms with E-state index in [4.69, 9.17) is 0 Å². The second-order valence-corrected chi connectivity index (χ2v) is 3.53. The molecule has 78 valence electrons. The van der Waals surface area contributed by atoms with Crippen molar-refractivity contribution in [1.82, 2.24) is 0 Å². The van der Waals surface area contributed by atoms with Gasteiger partial charge in [0.25, 0.3) is 0 Å². The van der Waals surface area contributed by atoms with Crippen molar-refractivity contribution < 1.29 is 18.0 Å². The summed E-state index contributed by atoms with van der Waals surface area (Å²) in [6, 6.07) is 0. The van der Waals surface area contributed by atoms with Crippen LogP contribution < -0.4 is 0 Å². The quantitative estimate of drug-likeness (QED) is 0.641. The van der Waals surface area contributed by atoms with Gasteiger partial charge in [-0.05, 0) is 20.3 Å². The van der Waals surface area contributed by atoms with Crippen LogP contribution in [0.3, 0.4) is 0 Å². The summed E-state index contributed by atoms with van der Waals surface area (Å²) in [5.41, 5.74) is -0.110. The molecule has 1 unspecified atom stereocenters. The standard InChI is InChI=1S/C10H11F3O/c1-6-3-8(7(2)14)5-9(4-6)10(11,12)13/h4-5,8H,3H2,1-2H3. The molecule has 4 heteroatoms. The minimum Gasteiger partial charge on any atom is -0.299 e. The van der Waals surface area contributed by atoms with Gasteiger partial charge in [-0.15, -0.1) is 0 Å². The van der Waals surface area contributed by atoms with Crippen LogP contribution in [-0.2, 0) is 4.79 Å². The maximum Gasteiger partial charge on any atom is 0.416 e. The number of halogens is 3. The number of hydrogen-bond donors (Lipinski definition) is 0. The molecule has 0 fully saturated rings. The van der Waals surface area contributed by atoms with Gasteiger partial charge < -0.3 is 0 Å². The smallest absolute Gasteiger partial charge is 0.299 e. The summed E-state index contributed by atoms with van der Waals surface area (Å²) in [5, 5.41) is 0. The van der Waals surface area contributed by atoms with E-state index in [2.05, 4.69) is 0 Å². The number of carbonyl (C=O) groups is 1.